The Morgan fingerprint density at radius 3 is 2.76 bits per heavy atom. The van der Waals surface area contributed by atoms with Crippen molar-refractivity contribution < 1.29 is 4.79 Å². The molecule has 1 atom stereocenters. The number of benzene rings is 1. The molecule has 2 heterocycles. The largest absolute Gasteiger partial charge is 0.348 e. The van der Waals surface area contributed by atoms with Gasteiger partial charge in [-0.25, -0.2) is 9.97 Å². The Hall–Kier alpha value is -2.51. The van der Waals surface area contributed by atoms with Crippen LogP contribution < -0.4 is 5.73 Å². The third-order valence-electron chi connectivity index (χ3n) is 4.02. The van der Waals surface area contributed by atoms with Gasteiger partial charge in [-0.15, -0.1) is 11.3 Å². The number of imidazole rings is 1. The van der Waals surface area contributed by atoms with Gasteiger partial charge in [0.1, 0.15) is 0 Å². The van der Waals surface area contributed by atoms with Crippen molar-refractivity contribution in [1.82, 2.24) is 19.9 Å². The maximum atomic E-state index is 13.0. The van der Waals surface area contributed by atoms with E-state index in [1.54, 1.807) is 34.3 Å². The van der Waals surface area contributed by atoms with Crippen LogP contribution in [-0.2, 0) is 24.3 Å². The third-order valence-corrected chi connectivity index (χ3v) is 4.94. The van der Waals surface area contributed by atoms with Crippen LogP contribution in [0.4, 0.5) is 0 Å². The highest BCUT2D eigenvalue weighted by Gasteiger charge is 2.23. The molecule has 0 saturated heterocycles. The van der Waals surface area contributed by atoms with Crippen LogP contribution in [0.15, 0.2) is 48.4 Å². The van der Waals surface area contributed by atoms with E-state index in [1.807, 2.05) is 37.3 Å². The maximum absolute atomic E-state index is 13.0. The molecule has 1 aromatic carbocycles. The van der Waals surface area contributed by atoms with Crippen LogP contribution >= 0.6 is 11.3 Å². The van der Waals surface area contributed by atoms with Gasteiger partial charge in [-0.3, -0.25) is 4.79 Å². The highest BCUT2D eigenvalue weighted by Crippen LogP contribution is 2.18. The molecule has 0 spiro atoms. The van der Waals surface area contributed by atoms with Crippen LogP contribution in [0.3, 0.4) is 0 Å². The van der Waals surface area contributed by atoms with E-state index < -0.39 is 6.04 Å². The number of aromatic amines is 1. The fourth-order valence-corrected chi connectivity index (χ4v) is 3.41. The van der Waals surface area contributed by atoms with Gasteiger partial charge in [0.15, 0.2) is 0 Å². The summed E-state index contributed by atoms with van der Waals surface area (Å²) in [6.45, 7) is 3.00. The molecule has 130 valence electrons. The summed E-state index contributed by atoms with van der Waals surface area (Å²) < 4.78 is 0. The van der Waals surface area contributed by atoms with E-state index >= 15 is 0 Å². The van der Waals surface area contributed by atoms with Crippen molar-refractivity contribution in [2.75, 3.05) is 0 Å². The first-order chi connectivity index (χ1) is 12.1. The SMILES string of the molecule is Cc1ncsc1CN(Cc1ccccc1)C(=O)[C@@H](N)Cc1cnc[nH]1. The normalized spacial score (nSPS) is 12.1. The monoisotopic (exact) mass is 355 g/mol. The van der Waals surface area contributed by atoms with Crippen LogP contribution in [0.1, 0.15) is 21.8 Å². The number of aromatic nitrogens is 3. The van der Waals surface area contributed by atoms with E-state index in [-0.39, 0.29) is 5.91 Å². The standard InChI is InChI=1S/C18H21N5OS/c1-13-17(25-12-22-13)10-23(9-14-5-3-2-4-6-14)18(24)16(19)7-15-8-20-11-21-15/h2-6,8,11-12,16H,7,9-10,19H2,1H3,(H,20,21)/t16-/m0/s1. The Labute approximate surface area is 150 Å². The summed E-state index contributed by atoms with van der Waals surface area (Å²) in [4.78, 5) is 27.1. The fraction of sp³-hybridized carbons (Fsp3) is 0.278. The molecule has 3 rings (SSSR count). The number of hydrogen-bond donors (Lipinski definition) is 2. The van der Waals surface area contributed by atoms with Gasteiger partial charge in [0.25, 0.3) is 0 Å². The summed E-state index contributed by atoms with van der Waals surface area (Å²) in [7, 11) is 0. The molecule has 0 saturated carbocycles. The Balaban J connectivity index is 1.76. The lowest BCUT2D eigenvalue weighted by molar-refractivity contribution is -0.133. The number of carbonyl (C=O) groups is 1. The molecule has 0 radical (unpaired) electrons. The Morgan fingerprint density at radius 1 is 1.32 bits per heavy atom. The van der Waals surface area contributed by atoms with Gasteiger partial charge in [0.2, 0.25) is 5.91 Å². The van der Waals surface area contributed by atoms with E-state index in [4.69, 9.17) is 5.73 Å². The van der Waals surface area contributed by atoms with Crippen molar-refractivity contribution in [3.05, 3.63) is 70.2 Å². The topological polar surface area (TPSA) is 87.9 Å². The van der Waals surface area contributed by atoms with Gasteiger partial charge in [0, 0.05) is 29.7 Å². The smallest absolute Gasteiger partial charge is 0.240 e. The highest BCUT2D eigenvalue weighted by atomic mass is 32.1. The molecule has 0 unspecified atom stereocenters. The zero-order chi connectivity index (χ0) is 17.6. The van der Waals surface area contributed by atoms with Gasteiger partial charge < -0.3 is 15.6 Å². The second-order valence-electron chi connectivity index (χ2n) is 5.93. The van der Waals surface area contributed by atoms with Crippen molar-refractivity contribution in [2.45, 2.75) is 32.5 Å². The molecule has 6 nitrogen and oxygen atoms in total. The predicted molar refractivity (Wildman–Crippen MR) is 97.8 cm³/mol. The van der Waals surface area contributed by atoms with E-state index in [0.29, 0.717) is 19.5 Å². The number of nitrogens with one attached hydrogen (secondary N) is 1. The van der Waals surface area contributed by atoms with E-state index in [2.05, 4.69) is 15.0 Å². The number of aryl methyl sites for hydroxylation is 1. The van der Waals surface area contributed by atoms with Crippen LogP contribution in [-0.4, -0.2) is 31.8 Å². The highest BCUT2D eigenvalue weighted by molar-refractivity contribution is 7.09. The molecule has 1 amide bonds. The average Bonchev–Trinajstić information content (AvgIpc) is 3.27. The molecule has 25 heavy (non-hydrogen) atoms. The summed E-state index contributed by atoms with van der Waals surface area (Å²) >= 11 is 1.56. The second-order valence-corrected chi connectivity index (χ2v) is 6.87. The molecule has 0 aliphatic heterocycles. The zero-order valence-corrected chi connectivity index (χ0v) is 14.9. The van der Waals surface area contributed by atoms with Crippen LogP contribution in [0.2, 0.25) is 0 Å². The van der Waals surface area contributed by atoms with Gasteiger partial charge in [-0.2, -0.15) is 0 Å². The average molecular weight is 355 g/mol. The molecular formula is C18H21N5OS. The molecule has 0 aliphatic rings. The lowest BCUT2D eigenvalue weighted by Crippen LogP contribution is -2.44. The number of nitrogens with two attached hydrogens (primary N) is 1. The Bertz CT molecular complexity index is 800. The summed E-state index contributed by atoms with van der Waals surface area (Å²) in [5.41, 5.74) is 10.9. The van der Waals surface area contributed by atoms with Crippen molar-refractivity contribution in [2.24, 2.45) is 5.73 Å². The summed E-state index contributed by atoms with van der Waals surface area (Å²) in [5.74, 6) is -0.0775. The quantitative estimate of drug-likeness (QED) is 0.680. The van der Waals surface area contributed by atoms with Gasteiger partial charge >= 0.3 is 0 Å². The number of nitrogens with zero attached hydrogens (tertiary/aromatic N) is 3. The summed E-state index contributed by atoms with van der Waals surface area (Å²) in [5, 5.41) is 0. The minimum absolute atomic E-state index is 0.0775. The Morgan fingerprint density at radius 2 is 2.12 bits per heavy atom. The molecule has 2 aromatic heterocycles. The van der Waals surface area contributed by atoms with E-state index in [9.17, 15) is 4.79 Å². The van der Waals surface area contributed by atoms with Crippen molar-refractivity contribution in [1.29, 1.82) is 0 Å². The lowest BCUT2D eigenvalue weighted by atomic mass is 10.1. The molecule has 0 fully saturated rings. The number of thiazole rings is 1. The molecule has 3 N–H and O–H groups in total. The molecule has 0 bridgehead atoms. The molecule has 3 aromatic rings. The zero-order valence-electron chi connectivity index (χ0n) is 14.1. The summed E-state index contributed by atoms with van der Waals surface area (Å²) in [6, 6.07) is 9.33. The minimum Gasteiger partial charge on any atom is -0.348 e. The minimum atomic E-state index is -0.614. The number of rotatable bonds is 7. The molecular weight excluding hydrogens is 334 g/mol. The first kappa shape index (κ1) is 17.3. The fourth-order valence-electron chi connectivity index (χ4n) is 2.62. The first-order valence-corrected chi connectivity index (χ1v) is 8.96. The number of amides is 1. The van der Waals surface area contributed by atoms with Crippen molar-refractivity contribution in [3.63, 3.8) is 0 Å². The predicted octanol–water partition coefficient (Wildman–Crippen LogP) is 2.27. The van der Waals surface area contributed by atoms with Crippen molar-refractivity contribution >= 4 is 17.2 Å². The molecule has 0 aliphatic carbocycles. The van der Waals surface area contributed by atoms with Crippen LogP contribution in [0, 0.1) is 6.92 Å². The number of carbonyl (C=O) groups excluding carboxylic acids is 1. The van der Waals surface area contributed by atoms with Gasteiger partial charge in [0.05, 0.1) is 30.1 Å². The first-order valence-electron chi connectivity index (χ1n) is 8.08. The second kappa shape index (κ2) is 8.04. The molecule has 7 heteroatoms. The Kier molecular flexibility index (Phi) is 5.57. The van der Waals surface area contributed by atoms with E-state index in [0.717, 1.165) is 21.8 Å². The van der Waals surface area contributed by atoms with Gasteiger partial charge in [-0.1, -0.05) is 30.3 Å². The number of hydrogen-bond acceptors (Lipinski definition) is 5. The van der Waals surface area contributed by atoms with Gasteiger partial charge in [-0.05, 0) is 12.5 Å². The van der Waals surface area contributed by atoms with Crippen molar-refractivity contribution in [3.8, 4) is 0 Å². The lowest BCUT2D eigenvalue weighted by Gasteiger charge is -2.25. The third kappa shape index (κ3) is 4.52. The van der Waals surface area contributed by atoms with E-state index in [1.165, 1.54) is 0 Å². The summed E-state index contributed by atoms with van der Waals surface area (Å²) in [6.07, 6.45) is 3.72. The van der Waals surface area contributed by atoms with Crippen LogP contribution in [0.5, 0.6) is 0 Å². The number of H-pyrrole nitrogens is 1. The van der Waals surface area contributed by atoms with Crippen LogP contribution in [0.25, 0.3) is 0 Å². The maximum Gasteiger partial charge on any atom is 0.240 e.